The average Bonchev–Trinajstić information content (AvgIpc) is 3.33. The van der Waals surface area contributed by atoms with E-state index in [4.69, 9.17) is 4.74 Å². The summed E-state index contributed by atoms with van der Waals surface area (Å²) in [6, 6.07) is 5.08. The van der Waals surface area contributed by atoms with E-state index < -0.39 is 11.9 Å². The number of benzene rings is 1. The first-order chi connectivity index (χ1) is 16.6. The number of nitrogens with zero attached hydrogens (tertiary/aromatic N) is 1. The van der Waals surface area contributed by atoms with Crippen molar-refractivity contribution in [3.8, 4) is 0 Å². The maximum atomic E-state index is 13.5. The standard InChI is InChI=1S/C29H46FNO3/c1-2-3-4-5-6-7-8-9-10-11-12-13-14-15-16-23-34-29(33)27-21-18-22-31(27)28(32)25-19-17-20-26(30)24-25/h17,19-20,24,27H,2-16,18,21-23H2,1H3. The molecule has 1 aliphatic heterocycles. The summed E-state index contributed by atoms with van der Waals surface area (Å²) in [6.45, 7) is 3.19. The van der Waals surface area contributed by atoms with Crippen molar-refractivity contribution in [3.63, 3.8) is 0 Å². The zero-order valence-corrected chi connectivity index (χ0v) is 21.4. The van der Waals surface area contributed by atoms with Gasteiger partial charge in [-0.1, -0.05) is 103 Å². The lowest BCUT2D eigenvalue weighted by Crippen LogP contribution is -2.41. The first-order valence-corrected chi connectivity index (χ1v) is 13.9. The normalized spacial score (nSPS) is 15.6. The van der Waals surface area contributed by atoms with E-state index in [1.54, 1.807) is 6.07 Å². The van der Waals surface area contributed by atoms with Crippen LogP contribution in [0.15, 0.2) is 24.3 Å². The minimum absolute atomic E-state index is 0.280. The van der Waals surface area contributed by atoms with Crippen molar-refractivity contribution in [3.05, 3.63) is 35.6 Å². The fraction of sp³-hybridized carbons (Fsp3) is 0.724. The second kappa shape index (κ2) is 17.5. The lowest BCUT2D eigenvalue weighted by Gasteiger charge is -2.23. The number of carbonyl (C=O) groups is 2. The molecule has 4 nitrogen and oxygen atoms in total. The Morgan fingerprint density at radius 1 is 0.882 bits per heavy atom. The highest BCUT2D eigenvalue weighted by atomic mass is 19.1. The summed E-state index contributed by atoms with van der Waals surface area (Å²) < 4.78 is 18.9. The van der Waals surface area contributed by atoms with Gasteiger partial charge in [-0.2, -0.15) is 0 Å². The van der Waals surface area contributed by atoms with Crippen molar-refractivity contribution in [2.45, 2.75) is 122 Å². The van der Waals surface area contributed by atoms with Crippen molar-refractivity contribution in [1.29, 1.82) is 0 Å². The molecule has 0 aromatic heterocycles. The van der Waals surface area contributed by atoms with Crippen LogP contribution in [0.2, 0.25) is 0 Å². The molecule has 1 unspecified atom stereocenters. The lowest BCUT2D eigenvalue weighted by molar-refractivity contribution is -0.148. The SMILES string of the molecule is CCCCCCCCCCCCCCCCCOC(=O)C1CCCN1C(=O)c1cccc(F)c1. The average molecular weight is 476 g/mol. The van der Waals surface area contributed by atoms with Crippen LogP contribution in [0.3, 0.4) is 0 Å². The maximum absolute atomic E-state index is 13.5. The van der Waals surface area contributed by atoms with Crippen LogP contribution in [0.5, 0.6) is 0 Å². The van der Waals surface area contributed by atoms with E-state index in [1.165, 1.54) is 107 Å². The van der Waals surface area contributed by atoms with Crippen molar-refractivity contribution in [1.82, 2.24) is 4.90 Å². The molecule has 0 aliphatic carbocycles. The van der Waals surface area contributed by atoms with Gasteiger partial charge < -0.3 is 9.64 Å². The van der Waals surface area contributed by atoms with Crippen molar-refractivity contribution in [2.75, 3.05) is 13.2 Å². The predicted molar refractivity (Wildman–Crippen MR) is 136 cm³/mol. The van der Waals surface area contributed by atoms with E-state index in [9.17, 15) is 14.0 Å². The molecule has 0 radical (unpaired) electrons. The monoisotopic (exact) mass is 475 g/mol. The third-order valence-corrected chi connectivity index (χ3v) is 6.85. The number of halogens is 1. The van der Waals surface area contributed by atoms with Gasteiger partial charge in [-0.05, 0) is 37.5 Å². The summed E-state index contributed by atoms with van der Waals surface area (Å²) in [5.41, 5.74) is 0.280. The highest BCUT2D eigenvalue weighted by Crippen LogP contribution is 2.22. The fourth-order valence-electron chi connectivity index (χ4n) is 4.78. The van der Waals surface area contributed by atoms with Gasteiger partial charge in [0.25, 0.3) is 5.91 Å². The molecule has 1 heterocycles. The molecule has 2 rings (SSSR count). The van der Waals surface area contributed by atoms with Crippen LogP contribution >= 0.6 is 0 Å². The molecular weight excluding hydrogens is 429 g/mol. The molecule has 1 saturated heterocycles. The number of esters is 1. The molecule has 0 bridgehead atoms. The van der Waals surface area contributed by atoms with Crippen LogP contribution in [0.25, 0.3) is 0 Å². The van der Waals surface area contributed by atoms with E-state index >= 15 is 0 Å². The van der Waals surface area contributed by atoms with Gasteiger partial charge in [0, 0.05) is 12.1 Å². The third-order valence-electron chi connectivity index (χ3n) is 6.85. The lowest BCUT2D eigenvalue weighted by atomic mass is 10.0. The number of amides is 1. The van der Waals surface area contributed by atoms with Crippen LogP contribution in [-0.2, 0) is 9.53 Å². The Morgan fingerprint density at radius 3 is 2.00 bits per heavy atom. The first kappa shape index (κ1) is 28.3. The summed E-state index contributed by atoms with van der Waals surface area (Å²) in [5.74, 6) is -1.07. The summed E-state index contributed by atoms with van der Waals surface area (Å²) in [6.07, 6.45) is 20.9. The Morgan fingerprint density at radius 2 is 1.44 bits per heavy atom. The second-order valence-corrected chi connectivity index (χ2v) is 9.78. The molecule has 1 aromatic rings. The van der Waals surface area contributed by atoms with Crippen molar-refractivity contribution >= 4 is 11.9 Å². The Balaban J connectivity index is 1.46. The Labute approximate surface area is 206 Å². The van der Waals surface area contributed by atoms with Gasteiger partial charge in [-0.3, -0.25) is 4.79 Å². The molecule has 1 amide bonds. The molecule has 0 N–H and O–H groups in total. The van der Waals surface area contributed by atoms with Crippen LogP contribution in [0, 0.1) is 5.82 Å². The molecule has 1 atom stereocenters. The van der Waals surface area contributed by atoms with E-state index in [1.807, 2.05) is 0 Å². The van der Waals surface area contributed by atoms with Crippen LogP contribution in [0.4, 0.5) is 4.39 Å². The molecule has 0 spiro atoms. The summed E-state index contributed by atoms with van der Waals surface area (Å²) in [7, 11) is 0. The van der Waals surface area contributed by atoms with Gasteiger partial charge >= 0.3 is 5.97 Å². The molecule has 1 fully saturated rings. The Kier molecular flexibility index (Phi) is 14.6. The fourth-order valence-corrected chi connectivity index (χ4v) is 4.78. The van der Waals surface area contributed by atoms with E-state index in [2.05, 4.69) is 6.92 Å². The Bertz CT molecular complexity index is 708. The number of hydrogen-bond acceptors (Lipinski definition) is 3. The zero-order valence-electron chi connectivity index (χ0n) is 21.4. The smallest absolute Gasteiger partial charge is 0.328 e. The number of unbranched alkanes of at least 4 members (excludes halogenated alkanes) is 14. The van der Waals surface area contributed by atoms with Crippen LogP contribution < -0.4 is 0 Å². The van der Waals surface area contributed by atoms with E-state index in [0.717, 1.165) is 19.3 Å². The number of ether oxygens (including phenoxy) is 1. The van der Waals surface area contributed by atoms with Crippen LogP contribution in [-0.4, -0.2) is 36.0 Å². The summed E-state index contributed by atoms with van der Waals surface area (Å²) >= 11 is 0. The maximum Gasteiger partial charge on any atom is 0.328 e. The zero-order chi connectivity index (χ0) is 24.4. The third kappa shape index (κ3) is 11.0. The quantitative estimate of drug-likeness (QED) is 0.160. The molecule has 1 aliphatic rings. The minimum atomic E-state index is -0.549. The van der Waals surface area contributed by atoms with Gasteiger partial charge in [0.05, 0.1) is 6.61 Å². The molecule has 34 heavy (non-hydrogen) atoms. The summed E-state index contributed by atoms with van der Waals surface area (Å²) in [4.78, 5) is 26.7. The van der Waals surface area contributed by atoms with E-state index in [0.29, 0.717) is 19.6 Å². The van der Waals surface area contributed by atoms with Gasteiger partial charge in [-0.15, -0.1) is 0 Å². The summed E-state index contributed by atoms with van der Waals surface area (Å²) in [5, 5.41) is 0. The van der Waals surface area contributed by atoms with Crippen molar-refractivity contribution < 1.29 is 18.7 Å². The first-order valence-electron chi connectivity index (χ1n) is 13.9. The minimum Gasteiger partial charge on any atom is -0.464 e. The number of hydrogen-bond donors (Lipinski definition) is 0. The highest BCUT2D eigenvalue weighted by Gasteiger charge is 2.35. The molecule has 1 aromatic carbocycles. The number of carbonyl (C=O) groups excluding carboxylic acids is 2. The molecule has 192 valence electrons. The topological polar surface area (TPSA) is 46.6 Å². The van der Waals surface area contributed by atoms with Crippen molar-refractivity contribution in [2.24, 2.45) is 0 Å². The Hall–Kier alpha value is -1.91. The highest BCUT2D eigenvalue weighted by molar-refractivity contribution is 5.97. The van der Waals surface area contributed by atoms with Crippen LogP contribution in [0.1, 0.15) is 126 Å². The molecule has 5 heteroatoms. The van der Waals surface area contributed by atoms with Gasteiger partial charge in [0.15, 0.2) is 0 Å². The number of rotatable bonds is 18. The number of likely N-dealkylation sites (tertiary alicyclic amines) is 1. The largest absolute Gasteiger partial charge is 0.464 e. The van der Waals surface area contributed by atoms with E-state index in [-0.39, 0.29) is 17.4 Å². The molecular formula is C29H46FNO3. The van der Waals surface area contributed by atoms with Gasteiger partial charge in [-0.25, -0.2) is 9.18 Å². The van der Waals surface area contributed by atoms with Gasteiger partial charge in [0.1, 0.15) is 11.9 Å². The second-order valence-electron chi connectivity index (χ2n) is 9.78. The predicted octanol–water partition coefficient (Wildman–Crippen LogP) is 7.84. The molecule has 0 saturated carbocycles. The van der Waals surface area contributed by atoms with Gasteiger partial charge in [0.2, 0.25) is 0 Å².